The van der Waals surface area contributed by atoms with Crippen molar-refractivity contribution in [1.29, 1.82) is 0 Å². The minimum atomic E-state index is 0.558. The molecule has 0 bridgehead atoms. The number of hydrogen-bond acceptors (Lipinski definition) is 5. The third-order valence-electron chi connectivity index (χ3n) is 3.91. The van der Waals surface area contributed by atoms with Gasteiger partial charge in [0.15, 0.2) is 0 Å². The molecule has 1 aromatic rings. The number of anilines is 1. The van der Waals surface area contributed by atoms with Crippen molar-refractivity contribution in [3.8, 4) is 0 Å². The van der Waals surface area contributed by atoms with Crippen molar-refractivity contribution in [2.75, 3.05) is 37.6 Å². The van der Waals surface area contributed by atoms with Crippen LogP contribution in [-0.2, 0) is 0 Å². The van der Waals surface area contributed by atoms with Gasteiger partial charge in [-0.05, 0) is 13.0 Å². The van der Waals surface area contributed by atoms with Gasteiger partial charge in [-0.2, -0.15) is 0 Å². The first-order chi connectivity index (χ1) is 8.36. The number of aromatic nitrogens is 2. The molecule has 17 heavy (non-hydrogen) atoms. The van der Waals surface area contributed by atoms with E-state index >= 15 is 0 Å². The second-order valence-corrected chi connectivity index (χ2v) is 4.81. The van der Waals surface area contributed by atoms with E-state index < -0.39 is 0 Å². The number of nitrogens with one attached hydrogen (secondary N) is 1. The molecular weight excluding hydrogens is 214 g/mol. The Labute approximate surface area is 102 Å². The molecule has 2 saturated heterocycles. The van der Waals surface area contributed by atoms with Gasteiger partial charge in [-0.15, -0.1) is 0 Å². The first-order valence-electron chi connectivity index (χ1n) is 6.33. The molecule has 0 amide bonds. The molecule has 2 fully saturated rings. The van der Waals surface area contributed by atoms with Crippen LogP contribution >= 0.6 is 0 Å². The number of rotatable bonds is 2. The van der Waals surface area contributed by atoms with Gasteiger partial charge >= 0.3 is 0 Å². The van der Waals surface area contributed by atoms with E-state index in [1.807, 2.05) is 12.3 Å². The van der Waals surface area contributed by atoms with Gasteiger partial charge in [-0.25, -0.2) is 9.97 Å². The first-order valence-corrected chi connectivity index (χ1v) is 6.33. The van der Waals surface area contributed by atoms with Crippen molar-refractivity contribution in [2.45, 2.75) is 19.0 Å². The summed E-state index contributed by atoms with van der Waals surface area (Å²) in [5, 5.41) is 3.40. The summed E-state index contributed by atoms with van der Waals surface area (Å²) >= 11 is 0. The normalized spacial score (nSPS) is 30.1. The SMILES string of the molecule is C[C@@H]1[C@H](N2CCNCC2)CN1c1ccncn1. The summed E-state index contributed by atoms with van der Waals surface area (Å²) in [6, 6.07) is 3.24. The molecule has 0 saturated carbocycles. The molecule has 1 N–H and O–H groups in total. The molecule has 0 aliphatic carbocycles. The molecule has 0 radical (unpaired) electrons. The second kappa shape index (κ2) is 4.58. The summed E-state index contributed by atoms with van der Waals surface area (Å²) in [7, 11) is 0. The third kappa shape index (κ3) is 2.00. The van der Waals surface area contributed by atoms with Crippen LogP contribution in [0.1, 0.15) is 6.92 Å². The summed E-state index contributed by atoms with van der Waals surface area (Å²) in [6.07, 6.45) is 3.44. The van der Waals surface area contributed by atoms with Crippen LogP contribution in [0.25, 0.3) is 0 Å². The van der Waals surface area contributed by atoms with E-state index in [0.717, 1.165) is 25.5 Å². The average Bonchev–Trinajstić information content (AvgIpc) is 2.40. The van der Waals surface area contributed by atoms with Crippen LogP contribution in [0.2, 0.25) is 0 Å². The van der Waals surface area contributed by atoms with Gasteiger partial charge in [0.25, 0.3) is 0 Å². The Morgan fingerprint density at radius 3 is 2.82 bits per heavy atom. The average molecular weight is 233 g/mol. The molecule has 3 rings (SSSR count). The van der Waals surface area contributed by atoms with E-state index in [4.69, 9.17) is 0 Å². The number of nitrogens with zero attached hydrogens (tertiary/aromatic N) is 4. The lowest BCUT2D eigenvalue weighted by atomic mass is 9.95. The highest BCUT2D eigenvalue weighted by atomic mass is 15.4. The van der Waals surface area contributed by atoms with Crippen molar-refractivity contribution >= 4 is 5.82 Å². The van der Waals surface area contributed by atoms with Crippen LogP contribution in [0, 0.1) is 0 Å². The van der Waals surface area contributed by atoms with Crippen LogP contribution in [0.15, 0.2) is 18.6 Å². The van der Waals surface area contributed by atoms with Crippen molar-refractivity contribution < 1.29 is 0 Å². The van der Waals surface area contributed by atoms with E-state index in [9.17, 15) is 0 Å². The van der Waals surface area contributed by atoms with Gasteiger partial charge in [-0.3, -0.25) is 4.90 Å². The lowest BCUT2D eigenvalue weighted by Crippen LogP contribution is -2.68. The molecule has 0 spiro atoms. The zero-order valence-corrected chi connectivity index (χ0v) is 10.2. The highest BCUT2D eigenvalue weighted by Gasteiger charge is 2.40. The van der Waals surface area contributed by atoms with Crippen molar-refractivity contribution in [3.63, 3.8) is 0 Å². The Morgan fingerprint density at radius 2 is 2.18 bits per heavy atom. The van der Waals surface area contributed by atoms with E-state index in [2.05, 4.69) is 32.0 Å². The molecule has 3 heterocycles. The predicted molar refractivity (Wildman–Crippen MR) is 67.1 cm³/mol. The summed E-state index contributed by atoms with van der Waals surface area (Å²) in [6.45, 7) is 7.98. The first kappa shape index (κ1) is 10.9. The highest BCUT2D eigenvalue weighted by molar-refractivity contribution is 5.43. The molecule has 1 aromatic heterocycles. The monoisotopic (exact) mass is 233 g/mol. The van der Waals surface area contributed by atoms with Crippen LogP contribution in [0.4, 0.5) is 5.82 Å². The van der Waals surface area contributed by atoms with E-state index in [1.54, 1.807) is 6.33 Å². The van der Waals surface area contributed by atoms with Gasteiger partial charge in [0.2, 0.25) is 0 Å². The number of hydrogen-bond donors (Lipinski definition) is 1. The maximum Gasteiger partial charge on any atom is 0.132 e. The topological polar surface area (TPSA) is 44.3 Å². The standard InChI is InChI=1S/C12H19N5/c1-10-11(16-6-4-13-5-7-16)8-17(10)12-2-3-14-9-15-12/h2-3,9-11,13H,4-8H2,1H3/t10-,11-/m1/s1. The van der Waals surface area contributed by atoms with Crippen LogP contribution in [0.5, 0.6) is 0 Å². The van der Waals surface area contributed by atoms with Crippen LogP contribution in [-0.4, -0.2) is 59.7 Å². The van der Waals surface area contributed by atoms with Crippen LogP contribution < -0.4 is 10.2 Å². The Morgan fingerprint density at radius 1 is 1.35 bits per heavy atom. The predicted octanol–water partition coefficient (Wildman–Crippen LogP) is -0.0411. The highest BCUT2D eigenvalue weighted by Crippen LogP contribution is 2.27. The van der Waals surface area contributed by atoms with Gasteiger partial charge in [0.1, 0.15) is 12.1 Å². The van der Waals surface area contributed by atoms with Gasteiger partial charge in [-0.1, -0.05) is 0 Å². The molecule has 92 valence electrons. The molecule has 2 atom stereocenters. The second-order valence-electron chi connectivity index (χ2n) is 4.81. The quantitative estimate of drug-likeness (QED) is 0.776. The van der Waals surface area contributed by atoms with Crippen molar-refractivity contribution in [2.24, 2.45) is 0 Å². The maximum absolute atomic E-state index is 4.31. The van der Waals surface area contributed by atoms with Crippen LogP contribution in [0.3, 0.4) is 0 Å². The van der Waals surface area contributed by atoms with Gasteiger partial charge in [0.05, 0.1) is 0 Å². The Bertz CT molecular complexity index is 362. The zero-order valence-electron chi connectivity index (χ0n) is 10.2. The summed E-state index contributed by atoms with van der Waals surface area (Å²) in [4.78, 5) is 13.2. The fourth-order valence-corrected chi connectivity index (χ4v) is 2.78. The Kier molecular flexibility index (Phi) is 2.94. The van der Waals surface area contributed by atoms with Gasteiger partial charge in [0, 0.05) is 51.0 Å². The van der Waals surface area contributed by atoms with Crippen molar-refractivity contribution in [3.05, 3.63) is 18.6 Å². The summed E-state index contributed by atoms with van der Waals surface area (Å²) in [5.74, 6) is 1.05. The van der Waals surface area contributed by atoms with Gasteiger partial charge < -0.3 is 10.2 Å². The lowest BCUT2D eigenvalue weighted by Gasteiger charge is -2.52. The van der Waals surface area contributed by atoms with E-state index in [1.165, 1.54) is 13.1 Å². The number of piperazine rings is 1. The van der Waals surface area contributed by atoms with E-state index in [-0.39, 0.29) is 0 Å². The van der Waals surface area contributed by atoms with Crippen molar-refractivity contribution in [1.82, 2.24) is 20.2 Å². The molecule has 5 nitrogen and oxygen atoms in total. The molecule has 5 heteroatoms. The fraction of sp³-hybridized carbons (Fsp3) is 0.667. The zero-order chi connectivity index (χ0) is 11.7. The molecule has 0 aromatic carbocycles. The lowest BCUT2D eigenvalue weighted by molar-refractivity contribution is 0.115. The smallest absolute Gasteiger partial charge is 0.132 e. The fourth-order valence-electron chi connectivity index (χ4n) is 2.78. The third-order valence-corrected chi connectivity index (χ3v) is 3.91. The molecule has 2 aliphatic rings. The minimum Gasteiger partial charge on any atom is -0.351 e. The Balaban J connectivity index is 1.63. The largest absolute Gasteiger partial charge is 0.351 e. The van der Waals surface area contributed by atoms with E-state index in [0.29, 0.717) is 12.1 Å². The minimum absolute atomic E-state index is 0.558. The molecular formula is C12H19N5. The maximum atomic E-state index is 4.31. The summed E-state index contributed by atoms with van der Waals surface area (Å²) < 4.78 is 0. The summed E-state index contributed by atoms with van der Waals surface area (Å²) in [5.41, 5.74) is 0. The Hall–Kier alpha value is -1.20. The molecule has 0 unspecified atom stereocenters. The molecule has 2 aliphatic heterocycles.